The second-order valence-electron chi connectivity index (χ2n) is 8.26. The zero-order valence-electron chi connectivity index (χ0n) is 13.9. The van der Waals surface area contributed by atoms with E-state index in [0.717, 1.165) is 0 Å². The van der Waals surface area contributed by atoms with Crippen LogP contribution in [0, 0.1) is 11.8 Å². The minimum atomic E-state index is -1.22. The van der Waals surface area contributed by atoms with Gasteiger partial charge in [-0.1, -0.05) is 51.2 Å². The quantitative estimate of drug-likeness (QED) is 0.668. The van der Waals surface area contributed by atoms with Crippen molar-refractivity contribution in [3.63, 3.8) is 0 Å². The van der Waals surface area contributed by atoms with Crippen molar-refractivity contribution in [1.29, 1.82) is 0 Å². The monoisotopic (exact) mass is 292 g/mol. The molecule has 0 saturated carbocycles. The Morgan fingerprint density at radius 1 is 1.00 bits per heavy atom. The molecule has 0 spiro atoms. The van der Waals surface area contributed by atoms with Gasteiger partial charge in [0.15, 0.2) is 5.79 Å². The second-order valence-corrected chi connectivity index (χ2v) is 13.6. The Morgan fingerprint density at radius 3 is 2.10 bits per heavy atom. The smallest absolute Gasteiger partial charge is 0.163 e. The highest BCUT2D eigenvalue weighted by Crippen LogP contribution is 2.53. The van der Waals surface area contributed by atoms with Crippen LogP contribution in [0.25, 0.3) is 0 Å². The summed E-state index contributed by atoms with van der Waals surface area (Å²) in [6.45, 7) is 16.1. The van der Waals surface area contributed by atoms with Gasteiger partial charge in [-0.25, -0.2) is 0 Å². The summed E-state index contributed by atoms with van der Waals surface area (Å²) in [4.78, 5) is 0. The first-order valence-corrected chi connectivity index (χ1v) is 11.5. The van der Waals surface area contributed by atoms with Gasteiger partial charge in [-0.15, -0.1) is 0 Å². The molecule has 3 heteroatoms. The molecule has 0 radical (unpaired) electrons. The Bertz CT molecular complexity index is 484. The third kappa shape index (κ3) is 2.06. The molecule has 0 N–H and O–H groups in total. The van der Waals surface area contributed by atoms with Gasteiger partial charge in [0.2, 0.25) is 0 Å². The summed E-state index contributed by atoms with van der Waals surface area (Å²) in [6.07, 6.45) is 5.27. The summed E-state index contributed by atoms with van der Waals surface area (Å²) in [5.41, 5.74) is 3.86. The van der Waals surface area contributed by atoms with Gasteiger partial charge in [0, 0.05) is 11.8 Å². The third-order valence-electron chi connectivity index (χ3n) is 5.20. The Kier molecular flexibility index (Phi) is 3.13. The van der Waals surface area contributed by atoms with Crippen molar-refractivity contribution in [3.8, 4) is 0 Å². The van der Waals surface area contributed by atoms with Gasteiger partial charge in [0.1, 0.15) is 0 Å². The van der Waals surface area contributed by atoms with Crippen molar-refractivity contribution in [3.05, 3.63) is 23.3 Å². The normalized spacial score (nSPS) is 42.9. The Morgan fingerprint density at radius 2 is 1.55 bits per heavy atom. The molecule has 0 aromatic heterocycles. The van der Waals surface area contributed by atoms with Gasteiger partial charge in [-0.3, -0.25) is 0 Å². The summed E-state index contributed by atoms with van der Waals surface area (Å²) in [7, 11) is -1.22. The summed E-state index contributed by atoms with van der Waals surface area (Å²) in [5, 5.41) is 0. The number of hydrogen-bond donors (Lipinski definition) is 0. The standard InChI is InChI=1S/C17H28O2Si/c1-10-12-8-9-13(20(5,6)7)14(12)11(2)16-15(10)18-17(3,4)19-16/h8-11,13,15-16H,1-7H3/t10-,11-,13+,15-,16-/m1/s1. The maximum atomic E-state index is 6.24. The van der Waals surface area contributed by atoms with Crippen LogP contribution < -0.4 is 0 Å². The van der Waals surface area contributed by atoms with Crippen LogP contribution in [0.4, 0.5) is 0 Å². The molecule has 5 atom stereocenters. The first kappa shape index (κ1) is 14.5. The molecule has 1 aliphatic heterocycles. The van der Waals surface area contributed by atoms with Crippen molar-refractivity contribution in [2.45, 2.75) is 70.9 Å². The van der Waals surface area contributed by atoms with Gasteiger partial charge in [0.05, 0.1) is 20.3 Å². The molecule has 1 fully saturated rings. The van der Waals surface area contributed by atoms with Crippen molar-refractivity contribution >= 4 is 8.07 Å². The Labute approximate surface area is 124 Å². The van der Waals surface area contributed by atoms with Crippen LogP contribution in [0.2, 0.25) is 25.2 Å². The van der Waals surface area contributed by atoms with Crippen LogP contribution in [-0.4, -0.2) is 26.1 Å². The molecule has 0 aromatic rings. The third-order valence-corrected chi connectivity index (χ3v) is 7.57. The molecule has 1 heterocycles. The Balaban J connectivity index is 2.00. The molecule has 0 unspecified atom stereocenters. The number of allylic oxidation sites excluding steroid dienone is 2. The molecule has 0 amide bonds. The SMILES string of the molecule is C[C@@H]1C2=C([C@@H](C)[C@H]3OC(C)(C)O[C@@H]31)[C@@H]([Si](C)(C)C)C=C2. The first-order chi connectivity index (χ1) is 9.12. The first-order valence-electron chi connectivity index (χ1n) is 7.89. The zero-order valence-corrected chi connectivity index (χ0v) is 14.9. The van der Waals surface area contributed by atoms with E-state index in [1.54, 1.807) is 5.57 Å². The van der Waals surface area contributed by atoms with E-state index < -0.39 is 13.9 Å². The fourth-order valence-electron chi connectivity index (χ4n) is 4.24. The zero-order chi connectivity index (χ0) is 14.9. The van der Waals surface area contributed by atoms with E-state index in [1.807, 2.05) is 13.8 Å². The second kappa shape index (κ2) is 4.31. The lowest BCUT2D eigenvalue weighted by molar-refractivity contribution is -0.150. The van der Waals surface area contributed by atoms with Crippen molar-refractivity contribution in [2.24, 2.45) is 11.8 Å². The molecular weight excluding hydrogens is 264 g/mol. The van der Waals surface area contributed by atoms with Crippen LogP contribution in [0.15, 0.2) is 23.3 Å². The maximum absolute atomic E-state index is 6.24. The van der Waals surface area contributed by atoms with Gasteiger partial charge in [0.25, 0.3) is 0 Å². The summed E-state index contributed by atoms with van der Waals surface area (Å²) < 4.78 is 12.4. The molecular formula is C17H28O2Si. The summed E-state index contributed by atoms with van der Waals surface area (Å²) in [6, 6.07) is 0. The van der Waals surface area contributed by atoms with Crippen LogP contribution in [-0.2, 0) is 9.47 Å². The molecule has 3 aliphatic rings. The van der Waals surface area contributed by atoms with Gasteiger partial charge < -0.3 is 9.47 Å². The fraction of sp³-hybridized carbons (Fsp3) is 0.765. The average molecular weight is 292 g/mol. The van der Waals surface area contributed by atoms with Gasteiger partial charge in [-0.05, 0) is 25.0 Å². The van der Waals surface area contributed by atoms with Crippen molar-refractivity contribution in [1.82, 2.24) is 0 Å². The summed E-state index contributed by atoms with van der Waals surface area (Å²) >= 11 is 0. The minimum absolute atomic E-state index is 0.212. The van der Waals surface area contributed by atoms with E-state index in [4.69, 9.17) is 9.47 Å². The highest BCUT2D eigenvalue weighted by molar-refractivity contribution is 6.78. The molecule has 3 rings (SSSR count). The van der Waals surface area contributed by atoms with Crippen molar-refractivity contribution < 1.29 is 9.47 Å². The molecule has 2 aliphatic carbocycles. The van der Waals surface area contributed by atoms with E-state index >= 15 is 0 Å². The number of fused-ring (bicyclic) bond motifs is 1. The lowest BCUT2D eigenvalue weighted by Gasteiger charge is -2.39. The molecule has 20 heavy (non-hydrogen) atoms. The van der Waals surface area contributed by atoms with Crippen LogP contribution in [0.3, 0.4) is 0 Å². The number of hydrogen-bond acceptors (Lipinski definition) is 2. The maximum Gasteiger partial charge on any atom is 0.163 e. The topological polar surface area (TPSA) is 18.5 Å². The van der Waals surface area contributed by atoms with Crippen LogP contribution >= 0.6 is 0 Å². The highest BCUT2D eigenvalue weighted by Gasteiger charge is 2.53. The van der Waals surface area contributed by atoms with E-state index in [-0.39, 0.29) is 12.2 Å². The van der Waals surface area contributed by atoms with E-state index in [1.165, 1.54) is 5.57 Å². The molecule has 1 saturated heterocycles. The number of rotatable bonds is 1. The average Bonchev–Trinajstić information content (AvgIpc) is 2.86. The van der Waals surface area contributed by atoms with Gasteiger partial charge >= 0.3 is 0 Å². The predicted octanol–water partition coefficient (Wildman–Crippen LogP) is 4.37. The molecule has 112 valence electrons. The van der Waals surface area contributed by atoms with E-state index in [0.29, 0.717) is 17.4 Å². The van der Waals surface area contributed by atoms with Gasteiger partial charge in [-0.2, -0.15) is 0 Å². The summed E-state index contributed by atoms with van der Waals surface area (Å²) in [5.74, 6) is 0.487. The predicted molar refractivity (Wildman–Crippen MR) is 85.4 cm³/mol. The fourth-order valence-corrected chi connectivity index (χ4v) is 6.28. The number of ether oxygens (including phenoxy) is 2. The molecule has 2 nitrogen and oxygen atoms in total. The lowest BCUT2D eigenvalue weighted by Crippen LogP contribution is -2.42. The largest absolute Gasteiger partial charge is 0.344 e. The van der Waals surface area contributed by atoms with E-state index in [2.05, 4.69) is 45.6 Å². The van der Waals surface area contributed by atoms with E-state index in [9.17, 15) is 0 Å². The highest BCUT2D eigenvalue weighted by atomic mass is 28.3. The van der Waals surface area contributed by atoms with Crippen LogP contribution in [0.5, 0.6) is 0 Å². The van der Waals surface area contributed by atoms with Crippen LogP contribution in [0.1, 0.15) is 27.7 Å². The molecule has 0 aromatic carbocycles. The molecule has 0 bridgehead atoms. The van der Waals surface area contributed by atoms with Crippen molar-refractivity contribution in [2.75, 3.05) is 0 Å². The Hall–Kier alpha value is -0.383. The lowest BCUT2D eigenvalue weighted by atomic mass is 9.75. The minimum Gasteiger partial charge on any atom is -0.344 e.